The van der Waals surface area contributed by atoms with Gasteiger partial charge in [-0.2, -0.15) is 0 Å². The zero-order chi connectivity index (χ0) is 13.2. The summed E-state index contributed by atoms with van der Waals surface area (Å²) in [5, 5.41) is 0. The Morgan fingerprint density at radius 3 is 3.16 bits per heavy atom. The fourth-order valence-corrected chi connectivity index (χ4v) is 1.86. The van der Waals surface area contributed by atoms with E-state index in [2.05, 4.69) is 14.7 Å². The minimum atomic E-state index is -0.511. The largest absolute Gasteiger partial charge is 0.463 e. The van der Waals surface area contributed by atoms with E-state index in [0.717, 1.165) is 11.1 Å². The summed E-state index contributed by atoms with van der Waals surface area (Å²) in [7, 11) is 1.31. The van der Waals surface area contributed by atoms with E-state index in [0.29, 0.717) is 18.2 Å². The summed E-state index contributed by atoms with van der Waals surface area (Å²) in [4.78, 5) is 19.5. The summed E-state index contributed by atoms with van der Waals surface area (Å²) >= 11 is 0. The minimum absolute atomic E-state index is 0.156. The van der Waals surface area contributed by atoms with Crippen LogP contribution in [-0.2, 0) is 9.47 Å². The number of fused-ring (bicyclic) bond motifs is 1. The molecule has 0 aliphatic carbocycles. The molecular formula is C13H10N2O4. The van der Waals surface area contributed by atoms with Crippen molar-refractivity contribution in [1.82, 2.24) is 0 Å². The summed E-state index contributed by atoms with van der Waals surface area (Å²) in [6.07, 6.45) is 4.74. The lowest BCUT2D eigenvalue weighted by molar-refractivity contribution is 0.0564. The minimum Gasteiger partial charge on any atom is -0.463 e. The topological polar surface area (TPSA) is 73.4 Å². The molecule has 3 rings (SSSR count). The SMILES string of the molecule is COC(=O)c1ccc(C2=C3CN=CN=C3OC=C2)o1. The summed E-state index contributed by atoms with van der Waals surface area (Å²) in [5.41, 5.74) is 1.63. The molecule has 0 spiro atoms. The summed E-state index contributed by atoms with van der Waals surface area (Å²) in [6.45, 7) is 0.465. The number of ether oxygens (including phenoxy) is 2. The van der Waals surface area contributed by atoms with E-state index in [4.69, 9.17) is 9.15 Å². The number of hydrogen-bond acceptors (Lipinski definition) is 6. The third kappa shape index (κ3) is 1.97. The van der Waals surface area contributed by atoms with Crippen molar-refractivity contribution < 1.29 is 18.7 Å². The second kappa shape index (κ2) is 4.56. The highest BCUT2D eigenvalue weighted by molar-refractivity contribution is 6.08. The van der Waals surface area contributed by atoms with Crippen LogP contribution in [0, 0.1) is 0 Å². The van der Waals surface area contributed by atoms with Crippen LogP contribution in [-0.4, -0.2) is 31.9 Å². The van der Waals surface area contributed by atoms with Crippen molar-refractivity contribution in [2.75, 3.05) is 13.7 Å². The number of aliphatic imine (C=N–C) groups is 2. The van der Waals surface area contributed by atoms with Gasteiger partial charge in [0.2, 0.25) is 11.7 Å². The molecule has 1 aromatic heterocycles. The summed E-state index contributed by atoms with van der Waals surface area (Å²) in [5.74, 6) is 0.704. The van der Waals surface area contributed by atoms with Gasteiger partial charge in [-0.15, -0.1) is 0 Å². The first kappa shape index (κ1) is 11.5. The Kier molecular flexibility index (Phi) is 2.75. The van der Waals surface area contributed by atoms with Gasteiger partial charge >= 0.3 is 5.97 Å². The standard InChI is InChI=1S/C13H10N2O4/c1-17-13(16)11-3-2-10(19-11)8-4-5-18-12-9(8)6-14-7-15-12/h2-5,7H,6H2,1H3. The predicted octanol–water partition coefficient (Wildman–Crippen LogP) is 1.80. The molecular weight excluding hydrogens is 248 g/mol. The van der Waals surface area contributed by atoms with Crippen LogP contribution in [0.3, 0.4) is 0 Å². The molecule has 6 nitrogen and oxygen atoms in total. The molecule has 2 aliphatic rings. The number of furan rings is 1. The lowest BCUT2D eigenvalue weighted by Gasteiger charge is -2.17. The smallest absolute Gasteiger partial charge is 0.373 e. The maximum atomic E-state index is 11.4. The van der Waals surface area contributed by atoms with Gasteiger partial charge in [0.25, 0.3) is 0 Å². The fourth-order valence-electron chi connectivity index (χ4n) is 1.86. The van der Waals surface area contributed by atoms with Crippen molar-refractivity contribution in [1.29, 1.82) is 0 Å². The van der Waals surface area contributed by atoms with E-state index >= 15 is 0 Å². The van der Waals surface area contributed by atoms with Crippen LogP contribution in [0.15, 0.2) is 44.4 Å². The Balaban J connectivity index is 2.02. The number of carbonyl (C=O) groups is 1. The van der Waals surface area contributed by atoms with Crippen LogP contribution in [0.25, 0.3) is 5.57 Å². The number of carbonyl (C=O) groups excluding carboxylic acids is 1. The van der Waals surface area contributed by atoms with Crippen molar-refractivity contribution in [2.24, 2.45) is 9.98 Å². The monoisotopic (exact) mass is 258 g/mol. The van der Waals surface area contributed by atoms with Gasteiger partial charge in [-0.3, -0.25) is 4.99 Å². The fraction of sp³-hybridized carbons (Fsp3) is 0.154. The average molecular weight is 258 g/mol. The second-order valence-electron chi connectivity index (χ2n) is 3.86. The van der Waals surface area contributed by atoms with E-state index in [1.54, 1.807) is 18.2 Å². The van der Waals surface area contributed by atoms with E-state index < -0.39 is 5.97 Å². The summed E-state index contributed by atoms with van der Waals surface area (Å²) in [6, 6.07) is 3.28. The van der Waals surface area contributed by atoms with Gasteiger partial charge in [0, 0.05) is 11.1 Å². The molecule has 0 N–H and O–H groups in total. The third-order valence-corrected chi connectivity index (χ3v) is 2.76. The highest BCUT2D eigenvalue weighted by Gasteiger charge is 2.22. The number of nitrogens with zero attached hydrogens (tertiary/aromatic N) is 2. The highest BCUT2D eigenvalue weighted by atomic mass is 16.5. The van der Waals surface area contributed by atoms with Crippen LogP contribution in [0.5, 0.6) is 0 Å². The van der Waals surface area contributed by atoms with E-state index in [-0.39, 0.29) is 5.76 Å². The number of methoxy groups -OCH3 is 1. The summed E-state index contributed by atoms with van der Waals surface area (Å²) < 4.78 is 15.4. The first-order chi connectivity index (χ1) is 9.29. The van der Waals surface area contributed by atoms with Crippen molar-refractivity contribution in [3.8, 4) is 0 Å². The van der Waals surface area contributed by atoms with Crippen LogP contribution < -0.4 is 0 Å². The zero-order valence-corrected chi connectivity index (χ0v) is 10.1. The lowest BCUT2D eigenvalue weighted by Crippen LogP contribution is -2.16. The zero-order valence-electron chi connectivity index (χ0n) is 10.1. The first-order valence-corrected chi connectivity index (χ1v) is 5.61. The number of esters is 1. The van der Waals surface area contributed by atoms with Gasteiger partial charge in [-0.1, -0.05) is 0 Å². The molecule has 0 saturated carbocycles. The quantitative estimate of drug-likeness (QED) is 0.758. The van der Waals surface area contributed by atoms with Crippen molar-refractivity contribution in [3.63, 3.8) is 0 Å². The van der Waals surface area contributed by atoms with Crippen LogP contribution in [0.1, 0.15) is 16.3 Å². The molecule has 0 aromatic carbocycles. The van der Waals surface area contributed by atoms with Gasteiger partial charge in [-0.05, 0) is 18.2 Å². The number of allylic oxidation sites excluding steroid dienone is 2. The Morgan fingerprint density at radius 2 is 2.32 bits per heavy atom. The molecule has 6 heteroatoms. The second-order valence-corrected chi connectivity index (χ2v) is 3.86. The third-order valence-electron chi connectivity index (χ3n) is 2.76. The van der Waals surface area contributed by atoms with Gasteiger partial charge in [0.15, 0.2) is 0 Å². The number of hydrogen-bond donors (Lipinski definition) is 0. The van der Waals surface area contributed by atoms with E-state index in [9.17, 15) is 4.79 Å². The molecule has 0 unspecified atom stereocenters. The van der Waals surface area contributed by atoms with Crippen LogP contribution >= 0.6 is 0 Å². The Hall–Kier alpha value is -2.63. The lowest BCUT2D eigenvalue weighted by atomic mass is 10.0. The molecule has 0 radical (unpaired) electrons. The van der Waals surface area contributed by atoms with E-state index in [1.165, 1.54) is 19.7 Å². The van der Waals surface area contributed by atoms with Gasteiger partial charge in [0.1, 0.15) is 12.1 Å². The average Bonchev–Trinajstić information content (AvgIpc) is 2.95. The van der Waals surface area contributed by atoms with Crippen LogP contribution in [0.2, 0.25) is 0 Å². The van der Waals surface area contributed by atoms with Crippen LogP contribution in [0.4, 0.5) is 0 Å². The molecule has 2 aliphatic heterocycles. The van der Waals surface area contributed by atoms with E-state index in [1.807, 2.05) is 0 Å². The Bertz CT molecular complexity index is 649. The normalized spacial score (nSPS) is 16.8. The molecule has 0 saturated heterocycles. The van der Waals surface area contributed by atoms with Gasteiger partial charge in [-0.25, -0.2) is 9.79 Å². The molecule has 0 amide bonds. The molecule has 1 aromatic rings. The molecule has 96 valence electrons. The molecule has 0 fully saturated rings. The highest BCUT2D eigenvalue weighted by Crippen LogP contribution is 2.28. The Morgan fingerprint density at radius 1 is 1.42 bits per heavy atom. The number of rotatable bonds is 2. The molecule has 0 bridgehead atoms. The molecule has 0 atom stereocenters. The van der Waals surface area contributed by atoms with Crippen molar-refractivity contribution in [3.05, 3.63) is 41.6 Å². The van der Waals surface area contributed by atoms with Crippen molar-refractivity contribution >= 4 is 23.8 Å². The molecule has 3 heterocycles. The Labute approximate surface area is 108 Å². The van der Waals surface area contributed by atoms with Gasteiger partial charge < -0.3 is 13.9 Å². The maximum Gasteiger partial charge on any atom is 0.373 e. The van der Waals surface area contributed by atoms with Crippen molar-refractivity contribution in [2.45, 2.75) is 0 Å². The first-order valence-electron chi connectivity index (χ1n) is 5.61. The predicted molar refractivity (Wildman–Crippen MR) is 68.0 cm³/mol. The van der Waals surface area contributed by atoms with Gasteiger partial charge in [0.05, 0.1) is 19.9 Å². The maximum absolute atomic E-state index is 11.4. The molecule has 19 heavy (non-hydrogen) atoms.